The van der Waals surface area contributed by atoms with Gasteiger partial charge < -0.3 is 9.64 Å². The Bertz CT molecular complexity index is 1040. The number of carbonyl (C=O) groups excluding carboxylic acids is 2. The number of hydrogen-bond donors (Lipinski definition) is 1. The van der Waals surface area contributed by atoms with Crippen molar-refractivity contribution in [3.63, 3.8) is 0 Å². The molecule has 3 aromatic rings. The number of nitrogens with zero attached hydrogens (tertiary/aromatic N) is 2. The SMILES string of the molecule is CC(=O)N1CC(OCC(=O)Nc2nc(-c3cccc4ccccc34)c(C)s2)C1. The highest BCUT2D eigenvalue weighted by molar-refractivity contribution is 7.16. The lowest BCUT2D eigenvalue weighted by molar-refractivity contribution is -0.144. The monoisotopic (exact) mass is 395 g/mol. The standard InChI is InChI=1S/C21H21N3O3S/c1-13-20(18-9-5-7-15-6-3-4-8-17(15)18)23-21(28-13)22-19(26)12-27-16-10-24(11-16)14(2)25/h3-9,16H,10-12H2,1-2H3,(H,22,23,26). The van der Waals surface area contributed by atoms with Crippen molar-refractivity contribution in [1.29, 1.82) is 0 Å². The van der Waals surface area contributed by atoms with Crippen LogP contribution in [-0.4, -0.2) is 47.5 Å². The average Bonchev–Trinajstić information content (AvgIpc) is 2.99. The quantitative estimate of drug-likeness (QED) is 0.718. The molecule has 2 amide bonds. The van der Waals surface area contributed by atoms with Crippen molar-refractivity contribution in [3.05, 3.63) is 47.3 Å². The summed E-state index contributed by atoms with van der Waals surface area (Å²) in [5.41, 5.74) is 1.94. The van der Waals surface area contributed by atoms with Gasteiger partial charge in [0.05, 0.1) is 11.8 Å². The molecule has 4 rings (SSSR count). The van der Waals surface area contributed by atoms with E-state index >= 15 is 0 Å². The molecule has 1 aromatic heterocycles. The van der Waals surface area contributed by atoms with Crippen LogP contribution >= 0.6 is 11.3 Å². The number of fused-ring (bicyclic) bond motifs is 1. The molecule has 6 nitrogen and oxygen atoms in total. The van der Waals surface area contributed by atoms with Gasteiger partial charge in [0, 0.05) is 30.5 Å². The molecule has 1 N–H and O–H groups in total. The molecule has 0 aliphatic carbocycles. The van der Waals surface area contributed by atoms with E-state index in [-0.39, 0.29) is 24.5 Å². The number of thiazole rings is 1. The predicted octanol–water partition coefficient (Wildman–Crippen LogP) is 3.46. The molecule has 0 bridgehead atoms. The maximum atomic E-state index is 12.2. The van der Waals surface area contributed by atoms with Crippen LogP contribution in [0.5, 0.6) is 0 Å². The summed E-state index contributed by atoms with van der Waals surface area (Å²) in [6, 6.07) is 14.3. The second kappa shape index (κ2) is 7.69. The molecule has 0 spiro atoms. The highest BCUT2D eigenvalue weighted by Crippen LogP contribution is 2.34. The highest BCUT2D eigenvalue weighted by atomic mass is 32.1. The van der Waals surface area contributed by atoms with E-state index in [4.69, 9.17) is 4.74 Å². The zero-order valence-corrected chi connectivity index (χ0v) is 16.6. The fraction of sp³-hybridized carbons (Fsp3) is 0.286. The third-order valence-corrected chi connectivity index (χ3v) is 5.72. The van der Waals surface area contributed by atoms with Gasteiger partial charge in [-0.3, -0.25) is 14.9 Å². The molecule has 2 heterocycles. The van der Waals surface area contributed by atoms with Gasteiger partial charge in [0.25, 0.3) is 5.91 Å². The van der Waals surface area contributed by atoms with Crippen LogP contribution in [0.2, 0.25) is 0 Å². The predicted molar refractivity (Wildman–Crippen MR) is 110 cm³/mol. The van der Waals surface area contributed by atoms with Crippen molar-refractivity contribution in [2.75, 3.05) is 25.0 Å². The van der Waals surface area contributed by atoms with Crippen molar-refractivity contribution in [3.8, 4) is 11.3 Å². The van der Waals surface area contributed by atoms with Crippen LogP contribution in [-0.2, 0) is 14.3 Å². The molecular formula is C21H21N3O3S. The van der Waals surface area contributed by atoms with Gasteiger partial charge in [-0.25, -0.2) is 4.98 Å². The summed E-state index contributed by atoms with van der Waals surface area (Å²) in [6.45, 7) is 4.58. The van der Waals surface area contributed by atoms with Crippen molar-refractivity contribution in [2.45, 2.75) is 20.0 Å². The molecule has 1 saturated heterocycles. The van der Waals surface area contributed by atoms with Gasteiger partial charge in [0.2, 0.25) is 5.91 Å². The number of anilines is 1. The largest absolute Gasteiger partial charge is 0.365 e. The number of nitrogens with one attached hydrogen (secondary N) is 1. The molecular weight excluding hydrogens is 374 g/mol. The fourth-order valence-electron chi connectivity index (χ4n) is 3.28. The molecule has 28 heavy (non-hydrogen) atoms. The normalized spacial score (nSPS) is 14.1. The second-order valence-electron chi connectivity index (χ2n) is 6.86. The number of rotatable bonds is 5. The van der Waals surface area contributed by atoms with Gasteiger partial charge in [-0.1, -0.05) is 42.5 Å². The minimum absolute atomic E-state index is 0.0310. The Morgan fingerprint density at radius 3 is 2.75 bits per heavy atom. The summed E-state index contributed by atoms with van der Waals surface area (Å²) in [4.78, 5) is 30.7. The van der Waals surface area contributed by atoms with Crippen LogP contribution in [0, 0.1) is 6.92 Å². The van der Waals surface area contributed by atoms with Crippen molar-refractivity contribution in [1.82, 2.24) is 9.88 Å². The zero-order valence-electron chi connectivity index (χ0n) is 15.8. The van der Waals surface area contributed by atoms with Crippen molar-refractivity contribution in [2.24, 2.45) is 0 Å². The highest BCUT2D eigenvalue weighted by Gasteiger charge is 2.29. The first-order chi connectivity index (χ1) is 13.5. The number of aryl methyl sites for hydroxylation is 1. The number of ether oxygens (including phenoxy) is 1. The minimum Gasteiger partial charge on any atom is -0.365 e. The lowest BCUT2D eigenvalue weighted by atomic mass is 10.0. The van der Waals surface area contributed by atoms with E-state index in [0.717, 1.165) is 26.9 Å². The number of amides is 2. The Balaban J connectivity index is 1.42. The summed E-state index contributed by atoms with van der Waals surface area (Å²) >= 11 is 1.45. The maximum absolute atomic E-state index is 12.2. The Morgan fingerprint density at radius 1 is 1.21 bits per heavy atom. The van der Waals surface area contributed by atoms with Crippen LogP contribution in [0.15, 0.2) is 42.5 Å². The molecule has 0 unspecified atom stereocenters. The van der Waals surface area contributed by atoms with Crippen LogP contribution in [0.3, 0.4) is 0 Å². The topological polar surface area (TPSA) is 71.5 Å². The van der Waals surface area contributed by atoms with Crippen LogP contribution in [0.25, 0.3) is 22.0 Å². The lowest BCUT2D eigenvalue weighted by Gasteiger charge is -2.37. The summed E-state index contributed by atoms with van der Waals surface area (Å²) in [5.74, 6) is -0.206. The number of hydrogen-bond acceptors (Lipinski definition) is 5. The van der Waals surface area contributed by atoms with E-state index < -0.39 is 0 Å². The third-order valence-electron chi connectivity index (χ3n) is 4.83. The first-order valence-electron chi connectivity index (χ1n) is 9.14. The van der Waals surface area contributed by atoms with E-state index in [1.165, 1.54) is 18.3 Å². The molecule has 144 valence electrons. The van der Waals surface area contributed by atoms with E-state index in [0.29, 0.717) is 18.2 Å². The minimum atomic E-state index is -0.237. The van der Waals surface area contributed by atoms with E-state index in [1.807, 2.05) is 25.1 Å². The Hall–Kier alpha value is -2.77. The van der Waals surface area contributed by atoms with Gasteiger partial charge in [-0.05, 0) is 17.7 Å². The number of aromatic nitrogens is 1. The second-order valence-corrected chi connectivity index (χ2v) is 8.06. The zero-order chi connectivity index (χ0) is 19.7. The first-order valence-corrected chi connectivity index (χ1v) is 9.95. The van der Waals surface area contributed by atoms with Gasteiger partial charge >= 0.3 is 0 Å². The molecule has 7 heteroatoms. The molecule has 2 aromatic carbocycles. The number of likely N-dealkylation sites (tertiary alicyclic amines) is 1. The molecule has 0 radical (unpaired) electrons. The van der Waals surface area contributed by atoms with E-state index in [2.05, 4.69) is 34.6 Å². The molecule has 0 saturated carbocycles. The van der Waals surface area contributed by atoms with Gasteiger partial charge in [-0.15, -0.1) is 11.3 Å². The van der Waals surface area contributed by atoms with Crippen molar-refractivity contribution >= 4 is 39.1 Å². The average molecular weight is 395 g/mol. The molecule has 1 fully saturated rings. The number of carbonyl (C=O) groups is 2. The first kappa shape index (κ1) is 18.6. The van der Waals surface area contributed by atoms with Gasteiger partial charge in [0.1, 0.15) is 6.61 Å². The van der Waals surface area contributed by atoms with Crippen molar-refractivity contribution < 1.29 is 14.3 Å². The fourth-order valence-corrected chi connectivity index (χ4v) is 4.13. The van der Waals surface area contributed by atoms with Crippen LogP contribution < -0.4 is 5.32 Å². The Kier molecular flexibility index (Phi) is 5.11. The summed E-state index contributed by atoms with van der Waals surface area (Å²) in [5, 5.41) is 5.68. The van der Waals surface area contributed by atoms with E-state index in [9.17, 15) is 9.59 Å². The maximum Gasteiger partial charge on any atom is 0.252 e. The van der Waals surface area contributed by atoms with Crippen LogP contribution in [0.4, 0.5) is 5.13 Å². The van der Waals surface area contributed by atoms with Crippen LogP contribution in [0.1, 0.15) is 11.8 Å². The summed E-state index contributed by atoms with van der Waals surface area (Å²) in [7, 11) is 0. The third kappa shape index (κ3) is 3.76. The summed E-state index contributed by atoms with van der Waals surface area (Å²) < 4.78 is 5.54. The van der Waals surface area contributed by atoms with E-state index in [1.54, 1.807) is 4.90 Å². The smallest absolute Gasteiger partial charge is 0.252 e. The molecule has 1 aliphatic rings. The summed E-state index contributed by atoms with van der Waals surface area (Å²) in [6.07, 6.45) is -0.0704. The lowest BCUT2D eigenvalue weighted by Crippen LogP contribution is -2.54. The number of benzene rings is 2. The van der Waals surface area contributed by atoms with Gasteiger partial charge in [0.15, 0.2) is 5.13 Å². The van der Waals surface area contributed by atoms with Gasteiger partial charge in [-0.2, -0.15) is 0 Å². The Morgan fingerprint density at radius 2 is 1.96 bits per heavy atom. The molecule has 0 atom stereocenters. The Labute approximate surface area is 167 Å². The molecule has 1 aliphatic heterocycles.